The van der Waals surface area contributed by atoms with Crippen molar-refractivity contribution in [3.63, 3.8) is 0 Å². The van der Waals surface area contributed by atoms with E-state index in [4.69, 9.17) is 0 Å². The molecule has 3 heteroatoms. The lowest BCUT2D eigenvalue weighted by atomic mass is 10.4. The Morgan fingerprint density at radius 1 is 1.05 bits per heavy atom. The van der Waals surface area contributed by atoms with Crippen LogP contribution in [0.2, 0.25) is 0 Å². The number of likely N-dealkylation sites (N-methyl/N-ethyl adjacent to an activating group) is 1. The van der Waals surface area contributed by atoms with Gasteiger partial charge < -0.3 is 10.2 Å². The highest BCUT2D eigenvalue weighted by Gasteiger charge is 1.99. The quantitative estimate of drug-likeness (QED) is 0.493. The molecular formula is C16H28N2S. The van der Waals surface area contributed by atoms with Crippen molar-refractivity contribution in [2.75, 3.05) is 38.5 Å². The predicted octanol–water partition coefficient (Wildman–Crippen LogP) is 3.49. The van der Waals surface area contributed by atoms with E-state index < -0.39 is 0 Å². The summed E-state index contributed by atoms with van der Waals surface area (Å²) in [5.74, 6) is 1.20. The molecule has 0 unspecified atom stereocenters. The maximum Gasteiger partial charge on any atom is 0.0107 e. The number of nitrogens with one attached hydrogen (secondary N) is 1. The lowest BCUT2D eigenvalue weighted by molar-refractivity contribution is 0.288. The summed E-state index contributed by atoms with van der Waals surface area (Å²) >= 11 is 1.95. The Hall–Kier alpha value is -0.510. The van der Waals surface area contributed by atoms with Gasteiger partial charge in [0.05, 0.1) is 0 Å². The Morgan fingerprint density at radius 3 is 2.53 bits per heavy atom. The average Bonchev–Trinajstić information content (AvgIpc) is 2.46. The van der Waals surface area contributed by atoms with Crippen LogP contribution in [0.25, 0.3) is 0 Å². The summed E-state index contributed by atoms with van der Waals surface area (Å²) in [5.41, 5.74) is 0. The molecule has 0 saturated heterocycles. The van der Waals surface area contributed by atoms with Gasteiger partial charge in [-0.3, -0.25) is 0 Å². The number of nitrogens with zero attached hydrogens (tertiary/aromatic N) is 1. The van der Waals surface area contributed by atoms with Gasteiger partial charge in [0.1, 0.15) is 0 Å². The zero-order chi connectivity index (χ0) is 13.8. The van der Waals surface area contributed by atoms with Crippen molar-refractivity contribution in [3.05, 3.63) is 30.3 Å². The second kappa shape index (κ2) is 11.3. The number of rotatable bonds is 11. The second-order valence-electron chi connectivity index (χ2n) is 4.70. The van der Waals surface area contributed by atoms with Crippen LogP contribution in [-0.4, -0.2) is 43.4 Å². The molecule has 0 aliphatic heterocycles. The van der Waals surface area contributed by atoms with Crippen LogP contribution in [0.1, 0.15) is 26.7 Å². The van der Waals surface area contributed by atoms with E-state index in [1.807, 2.05) is 11.8 Å². The maximum absolute atomic E-state index is 3.54. The van der Waals surface area contributed by atoms with Gasteiger partial charge in [-0.05, 0) is 50.4 Å². The van der Waals surface area contributed by atoms with Crippen molar-refractivity contribution >= 4 is 11.8 Å². The Kier molecular flexibility index (Phi) is 9.86. The third-order valence-electron chi connectivity index (χ3n) is 3.10. The molecule has 0 aliphatic rings. The summed E-state index contributed by atoms with van der Waals surface area (Å²) in [4.78, 5) is 3.88. The molecule has 0 amide bonds. The number of hydrogen-bond acceptors (Lipinski definition) is 3. The van der Waals surface area contributed by atoms with E-state index in [9.17, 15) is 0 Å². The zero-order valence-electron chi connectivity index (χ0n) is 12.4. The van der Waals surface area contributed by atoms with Crippen LogP contribution in [0.5, 0.6) is 0 Å². The first kappa shape index (κ1) is 16.5. The number of thioether (sulfide) groups is 1. The molecule has 0 spiro atoms. The van der Waals surface area contributed by atoms with Gasteiger partial charge in [0, 0.05) is 18.0 Å². The van der Waals surface area contributed by atoms with Gasteiger partial charge in [0.25, 0.3) is 0 Å². The standard InChI is InChI=1S/C16H28N2S/c1-3-13-18(4-2)14-12-17-11-8-15-19-16-9-6-5-7-10-16/h5-7,9-10,17H,3-4,8,11-15H2,1-2H3. The van der Waals surface area contributed by atoms with Crippen molar-refractivity contribution in [2.24, 2.45) is 0 Å². The molecule has 0 saturated carbocycles. The van der Waals surface area contributed by atoms with Crippen molar-refractivity contribution in [3.8, 4) is 0 Å². The summed E-state index contributed by atoms with van der Waals surface area (Å²) in [6, 6.07) is 10.6. The molecule has 1 rings (SSSR count). The third-order valence-corrected chi connectivity index (χ3v) is 4.20. The normalized spacial score (nSPS) is 11.1. The van der Waals surface area contributed by atoms with Gasteiger partial charge in [-0.2, -0.15) is 0 Å². The number of benzene rings is 1. The highest BCUT2D eigenvalue weighted by molar-refractivity contribution is 7.99. The first-order valence-electron chi connectivity index (χ1n) is 7.47. The minimum absolute atomic E-state index is 1.11. The SMILES string of the molecule is CCCN(CC)CCNCCCSc1ccccc1. The molecule has 0 fully saturated rings. The second-order valence-corrected chi connectivity index (χ2v) is 5.87. The predicted molar refractivity (Wildman–Crippen MR) is 87.1 cm³/mol. The Balaban J connectivity index is 1.94. The highest BCUT2D eigenvalue weighted by Crippen LogP contribution is 2.17. The van der Waals surface area contributed by atoms with Crippen LogP contribution < -0.4 is 5.32 Å². The van der Waals surface area contributed by atoms with Crippen LogP contribution in [0, 0.1) is 0 Å². The largest absolute Gasteiger partial charge is 0.315 e. The van der Waals surface area contributed by atoms with Gasteiger partial charge in [-0.25, -0.2) is 0 Å². The molecule has 1 aromatic rings. The van der Waals surface area contributed by atoms with Gasteiger partial charge in [-0.15, -0.1) is 11.8 Å². The van der Waals surface area contributed by atoms with E-state index in [0.29, 0.717) is 0 Å². The monoisotopic (exact) mass is 280 g/mol. The van der Waals surface area contributed by atoms with E-state index in [1.54, 1.807) is 0 Å². The van der Waals surface area contributed by atoms with Crippen molar-refractivity contribution in [2.45, 2.75) is 31.6 Å². The van der Waals surface area contributed by atoms with Crippen molar-refractivity contribution in [1.29, 1.82) is 0 Å². The van der Waals surface area contributed by atoms with Crippen LogP contribution in [0.4, 0.5) is 0 Å². The van der Waals surface area contributed by atoms with Crippen LogP contribution in [-0.2, 0) is 0 Å². The van der Waals surface area contributed by atoms with E-state index in [0.717, 1.165) is 13.1 Å². The lowest BCUT2D eigenvalue weighted by Gasteiger charge is -2.19. The fraction of sp³-hybridized carbons (Fsp3) is 0.625. The van der Waals surface area contributed by atoms with Gasteiger partial charge >= 0.3 is 0 Å². The summed E-state index contributed by atoms with van der Waals surface area (Å²) in [6.45, 7) is 10.3. The molecule has 2 nitrogen and oxygen atoms in total. The maximum atomic E-state index is 3.54. The zero-order valence-corrected chi connectivity index (χ0v) is 13.2. The van der Waals surface area contributed by atoms with Crippen molar-refractivity contribution < 1.29 is 0 Å². The molecule has 1 N–H and O–H groups in total. The molecule has 0 aliphatic carbocycles. The first-order chi connectivity index (χ1) is 9.36. The fourth-order valence-electron chi connectivity index (χ4n) is 2.01. The third kappa shape index (κ3) is 8.30. The summed E-state index contributed by atoms with van der Waals surface area (Å²) < 4.78 is 0. The topological polar surface area (TPSA) is 15.3 Å². The fourth-order valence-corrected chi connectivity index (χ4v) is 2.88. The van der Waals surface area contributed by atoms with Gasteiger partial charge in [0.2, 0.25) is 0 Å². The minimum atomic E-state index is 1.11. The average molecular weight is 280 g/mol. The molecule has 0 atom stereocenters. The minimum Gasteiger partial charge on any atom is -0.315 e. The van der Waals surface area contributed by atoms with Gasteiger partial charge in [0.15, 0.2) is 0 Å². The summed E-state index contributed by atoms with van der Waals surface area (Å²) in [6.07, 6.45) is 2.49. The molecule has 0 aromatic heterocycles. The number of hydrogen-bond donors (Lipinski definition) is 1. The van der Waals surface area contributed by atoms with E-state index >= 15 is 0 Å². The molecule has 0 bridgehead atoms. The van der Waals surface area contributed by atoms with Crippen molar-refractivity contribution in [1.82, 2.24) is 10.2 Å². The first-order valence-corrected chi connectivity index (χ1v) is 8.46. The summed E-state index contributed by atoms with van der Waals surface area (Å²) in [7, 11) is 0. The molecule has 19 heavy (non-hydrogen) atoms. The van der Waals surface area contributed by atoms with Crippen LogP contribution in [0.3, 0.4) is 0 Å². The van der Waals surface area contributed by atoms with E-state index in [1.165, 1.54) is 43.1 Å². The molecule has 0 heterocycles. The molecular weight excluding hydrogens is 252 g/mol. The Morgan fingerprint density at radius 2 is 1.84 bits per heavy atom. The summed E-state index contributed by atoms with van der Waals surface area (Å²) in [5, 5.41) is 3.54. The Bertz CT molecular complexity index is 303. The smallest absolute Gasteiger partial charge is 0.0107 e. The van der Waals surface area contributed by atoms with E-state index in [-0.39, 0.29) is 0 Å². The van der Waals surface area contributed by atoms with Gasteiger partial charge in [-0.1, -0.05) is 32.0 Å². The van der Waals surface area contributed by atoms with Crippen LogP contribution in [0.15, 0.2) is 35.2 Å². The molecule has 1 aromatic carbocycles. The molecule has 0 radical (unpaired) electrons. The Labute approximate surface area is 123 Å². The van der Waals surface area contributed by atoms with E-state index in [2.05, 4.69) is 54.4 Å². The van der Waals surface area contributed by atoms with Crippen LogP contribution >= 0.6 is 11.8 Å². The molecule has 108 valence electrons. The highest BCUT2D eigenvalue weighted by atomic mass is 32.2. The lowest BCUT2D eigenvalue weighted by Crippen LogP contribution is -2.33.